The molecule has 2 N–H and O–H groups in total. The van der Waals surface area contributed by atoms with Crippen LogP contribution in [0.2, 0.25) is 0 Å². The van der Waals surface area contributed by atoms with Gasteiger partial charge in [-0.25, -0.2) is 0 Å². The molecule has 0 aliphatic rings. The number of benzene rings is 2. The second-order valence-corrected chi connectivity index (χ2v) is 5.15. The Labute approximate surface area is 126 Å². The van der Waals surface area contributed by atoms with Gasteiger partial charge >= 0.3 is 7.12 Å². The van der Waals surface area contributed by atoms with Gasteiger partial charge < -0.3 is 14.8 Å². The van der Waals surface area contributed by atoms with Crippen LogP contribution in [-0.2, 0) is 13.0 Å². The predicted molar refractivity (Wildman–Crippen MR) is 85.7 cm³/mol. The predicted octanol–water partition coefficient (Wildman–Crippen LogP) is 2.29. The maximum absolute atomic E-state index is 9.15. The second kappa shape index (κ2) is 7.86. The topological polar surface area (TPSA) is 49.7 Å². The first-order valence-corrected chi connectivity index (χ1v) is 7.35. The normalized spacial score (nSPS) is 10.4. The average Bonchev–Trinajstić information content (AvgIpc) is 2.52. The van der Waals surface area contributed by atoms with Crippen molar-refractivity contribution in [2.75, 3.05) is 0 Å². The Kier molecular flexibility index (Phi) is 5.84. The third-order valence-corrected chi connectivity index (χ3v) is 3.40. The molecular weight excluding hydrogens is 263 g/mol. The number of hydrogen-bond donors (Lipinski definition) is 2. The highest BCUT2D eigenvalue weighted by molar-refractivity contribution is 6.58. The molecular formula is C17H21BO3. The summed E-state index contributed by atoms with van der Waals surface area (Å²) in [4.78, 5) is 0. The van der Waals surface area contributed by atoms with E-state index >= 15 is 0 Å². The molecule has 2 aromatic carbocycles. The lowest BCUT2D eigenvalue weighted by Gasteiger charge is -2.08. The molecule has 0 unspecified atom stereocenters. The van der Waals surface area contributed by atoms with Gasteiger partial charge in [0, 0.05) is 0 Å². The van der Waals surface area contributed by atoms with Crippen LogP contribution >= 0.6 is 0 Å². The Morgan fingerprint density at radius 3 is 2.43 bits per heavy atom. The molecule has 0 bridgehead atoms. The Bertz CT molecular complexity index is 552. The van der Waals surface area contributed by atoms with E-state index < -0.39 is 7.12 Å². The lowest BCUT2D eigenvalue weighted by molar-refractivity contribution is 0.306. The minimum atomic E-state index is -1.44. The number of ether oxygens (including phenoxy) is 1. The van der Waals surface area contributed by atoms with E-state index in [2.05, 4.69) is 19.1 Å². The largest absolute Gasteiger partial charge is 0.489 e. The molecule has 21 heavy (non-hydrogen) atoms. The van der Waals surface area contributed by atoms with Crippen molar-refractivity contribution in [2.24, 2.45) is 0 Å². The molecule has 4 heteroatoms. The van der Waals surface area contributed by atoms with Crippen molar-refractivity contribution >= 4 is 12.6 Å². The lowest BCUT2D eigenvalue weighted by atomic mass is 9.80. The molecule has 0 aliphatic carbocycles. The Hall–Kier alpha value is -1.78. The number of rotatable bonds is 7. The van der Waals surface area contributed by atoms with Crippen molar-refractivity contribution < 1.29 is 14.8 Å². The van der Waals surface area contributed by atoms with Gasteiger partial charge in [-0.05, 0) is 41.6 Å². The molecule has 0 aromatic heterocycles. The van der Waals surface area contributed by atoms with Gasteiger partial charge in [0.05, 0.1) is 0 Å². The van der Waals surface area contributed by atoms with Gasteiger partial charge in [-0.2, -0.15) is 0 Å². The molecule has 0 saturated heterocycles. The van der Waals surface area contributed by atoms with Crippen LogP contribution in [0.25, 0.3) is 0 Å². The molecule has 0 saturated carbocycles. The molecule has 2 rings (SSSR count). The summed E-state index contributed by atoms with van der Waals surface area (Å²) in [7, 11) is -1.44. The monoisotopic (exact) mass is 284 g/mol. The van der Waals surface area contributed by atoms with Crippen LogP contribution in [0.3, 0.4) is 0 Å². The molecule has 0 heterocycles. The van der Waals surface area contributed by atoms with Crippen LogP contribution in [0.15, 0.2) is 48.5 Å². The van der Waals surface area contributed by atoms with Crippen LogP contribution in [0.4, 0.5) is 0 Å². The zero-order valence-corrected chi connectivity index (χ0v) is 12.3. The van der Waals surface area contributed by atoms with Crippen LogP contribution in [-0.4, -0.2) is 17.2 Å². The fourth-order valence-corrected chi connectivity index (χ4v) is 2.14. The van der Waals surface area contributed by atoms with E-state index in [4.69, 9.17) is 14.8 Å². The van der Waals surface area contributed by atoms with Crippen molar-refractivity contribution in [3.05, 3.63) is 59.7 Å². The van der Waals surface area contributed by atoms with E-state index in [9.17, 15) is 0 Å². The molecule has 0 spiro atoms. The fraction of sp³-hybridized carbons (Fsp3) is 0.294. The zero-order chi connectivity index (χ0) is 15.1. The van der Waals surface area contributed by atoms with E-state index in [0.29, 0.717) is 12.1 Å². The van der Waals surface area contributed by atoms with Gasteiger partial charge in [-0.1, -0.05) is 49.7 Å². The smallest absolute Gasteiger partial charge is 0.488 e. The average molecular weight is 284 g/mol. The van der Waals surface area contributed by atoms with Gasteiger partial charge in [0.25, 0.3) is 0 Å². The summed E-state index contributed by atoms with van der Waals surface area (Å²) in [5.41, 5.74) is 2.72. The van der Waals surface area contributed by atoms with E-state index in [1.54, 1.807) is 18.2 Å². The number of aryl methyl sites for hydroxylation is 1. The minimum Gasteiger partial charge on any atom is -0.489 e. The van der Waals surface area contributed by atoms with E-state index in [1.165, 1.54) is 18.4 Å². The summed E-state index contributed by atoms with van der Waals surface area (Å²) in [5.74, 6) is 0.824. The summed E-state index contributed by atoms with van der Waals surface area (Å²) < 4.78 is 5.72. The Morgan fingerprint density at radius 1 is 1.00 bits per heavy atom. The van der Waals surface area contributed by atoms with Crippen molar-refractivity contribution in [2.45, 2.75) is 32.8 Å². The third kappa shape index (κ3) is 4.92. The quantitative estimate of drug-likeness (QED) is 0.767. The second-order valence-electron chi connectivity index (χ2n) is 5.15. The highest BCUT2D eigenvalue weighted by Gasteiger charge is 2.10. The summed E-state index contributed by atoms with van der Waals surface area (Å²) in [6.07, 6.45) is 3.51. The van der Waals surface area contributed by atoms with Gasteiger partial charge in [0.1, 0.15) is 12.4 Å². The zero-order valence-electron chi connectivity index (χ0n) is 12.3. The maximum Gasteiger partial charge on any atom is 0.488 e. The van der Waals surface area contributed by atoms with Crippen molar-refractivity contribution in [1.82, 2.24) is 0 Å². The van der Waals surface area contributed by atoms with Gasteiger partial charge in [-0.3, -0.25) is 0 Å². The first kappa shape index (κ1) is 15.6. The van der Waals surface area contributed by atoms with E-state index in [0.717, 1.165) is 17.7 Å². The van der Waals surface area contributed by atoms with Crippen LogP contribution in [0.5, 0.6) is 5.75 Å². The SMILES string of the molecule is CCCCc1ccc(OCc2cccc(B(O)O)c2)cc1. The molecule has 3 nitrogen and oxygen atoms in total. The van der Waals surface area contributed by atoms with Crippen LogP contribution in [0.1, 0.15) is 30.9 Å². The summed E-state index contributed by atoms with van der Waals surface area (Å²) in [6, 6.07) is 15.3. The first-order chi connectivity index (χ1) is 10.2. The Morgan fingerprint density at radius 2 is 1.76 bits per heavy atom. The van der Waals surface area contributed by atoms with Crippen LogP contribution in [0, 0.1) is 0 Å². The standard InChI is InChI=1S/C17H21BO3/c1-2-3-5-14-8-10-17(11-9-14)21-13-15-6-4-7-16(12-15)18(19)20/h4,6-12,19-20H,2-3,5,13H2,1H3. The molecule has 0 aliphatic heterocycles. The summed E-state index contributed by atoms with van der Waals surface area (Å²) in [5, 5.41) is 18.3. The van der Waals surface area contributed by atoms with E-state index in [-0.39, 0.29) is 0 Å². The summed E-state index contributed by atoms with van der Waals surface area (Å²) in [6.45, 7) is 2.60. The van der Waals surface area contributed by atoms with Crippen molar-refractivity contribution in [1.29, 1.82) is 0 Å². The fourth-order valence-electron chi connectivity index (χ4n) is 2.14. The Balaban J connectivity index is 1.92. The molecule has 2 aromatic rings. The highest BCUT2D eigenvalue weighted by atomic mass is 16.5. The van der Waals surface area contributed by atoms with Gasteiger partial charge in [0.15, 0.2) is 0 Å². The first-order valence-electron chi connectivity index (χ1n) is 7.35. The third-order valence-electron chi connectivity index (χ3n) is 3.40. The van der Waals surface area contributed by atoms with Gasteiger partial charge in [-0.15, -0.1) is 0 Å². The van der Waals surface area contributed by atoms with Crippen LogP contribution < -0.4 is 10.2 Å². The molecule has 0 radical (unpaired) electrons. The maximum atomic E-state index is 9.15. The molecule has 0 amide bonds. The molecule has 0 atom stereocenters. The summed E-state index contributed by atoms with van der Waals surface area (Å²) >= 11 is 0. The highest BCUT2D eigenvalue weighted by Crippen LogP contribution is 2.15. The van der Waals surface area contributed by atoms with Crippen molar-refractivity contribution in [3.8, 4) is 5.75 Å². The van der Waals surface area contributed by atoms with Gasteiger partial charge in [0.2, 0.25) is 0 Å². The number of unbranched alkanes of at least 4 members (excludes halogenated alkanes) is 1. The van der Waals surface area contributed by atoms with Crippen molar-refractivity contribution in [3.63, 3.8) is 0 Å². The lowest BCUT2D eigenvalue weighted by Crippen LogP contribution is -2.29. The number of hydrogen-bond acceptors (Lipinski definition) is 3. The van der Waals surface area contributed by atoms with E-state index in [1.807, 2.05) is 18.2 Å². The molecule has 0 fully saturated rings. The minimum absolute atomic E-state index is 0.412. The molecule has 110 valence electrons.